The van der Waals surface area contributed by atoms with Gasteiger partial charge in [0, 0.05) is 6.07 Å². The second kappa shape index (κ2) is 1.02. The summed E-state index contributed by atoms with van der Waals surface area (Å²) in [5, 5.41) is 0. The zero-order chi connectivity index (χ0) is 5.56. The van der Waals surface area contributed by atoms with Crippen molar-refractivity contribution in [3.8, 4) is 0 Å². The van der Waals surface area contributed by atoms with E-state index >= 15 is 0 Å². The highest BCUT2D eigenvalue weighted by atomic mass is 19.1. The van der Waals surface area contributed by atoms with Gasteiger partial charge in [-0.2, -0.15) is 0 Å². The molecular weight excluding hydrogens is 107 g/mol. The highest BCUT2D eigenvalue weighted by Crippen LogP contribution is 2.19. The molecule has 0 N–H and O–H groups in total. The van der Waals surface area contributed by atoms with Gasteiger partial charge in [0.2, 0.25) is 0 Å². The summed E-state index contributed by atoms with van der Waals surface area (Å²) in [4.78, 5) is 0. The molecule has 0 saturated heterocycles. The summed E-state index contributed by atoms with van der Waals surface area (Å²) in [5.74, 6) is -0.262. The monoisotopic (exact) mass is 110 g/mol. The topological polar surface area (TPSA) is 13.1 Å². The maximum atomic E-state index is 12.2. The van der Waals surface area contributed by atoms with Crippen molar-refractivity contribution in [1.29, 1.82) is 0 Å². The smallest absolute Gasteiger partial charge is 0.169 e. The maximum Gasteiger partial charge on any atom is 0.169 e. The van der Waals surface area contributed by atoms with Crippen LogP contribution in [-0.2, 0) is 0 Å². The first kappa shape index (κ1) is 3.89. The lowest BCUT2D eigenvalue weighted by Gasteiger charge is -1.71. The third-order valence-electron chi connectivity index (χ3n) is 1.13. The largest absolute Gasteiger partial charge is 0.454 e. The van der Waals surface area contributed by atoms with Gasteiger partial charge < -0.3 is 4.42 Å². The summed E-state index contributed by atoms with van der Waals surface area (Å²) >= 11 is 0. The number of furan rings is 2. The van der Waals surface area contributed by atoms with Crippen LogP contribution in [0.1, 0.15) is 0 Å². The van der Waals surface area contributed by atoms with E-state index in [1.165, 1.54) is 6.07 Å². The lowest BCUT2D eigenvalue weighted by atomic mass is 10.4. The Balaban J connectivity index is 3.02. The van der Waals surface area contributed by atoms with E-state index in [1.807, 2.05) is 0 Å². The number of hydrogen-bond donors (Lipinski definition) is 0. The number of benzene rings is 1. The Hall–Kier alpha value is -1.05. The number of rotatable bonds is 0. The minimum Gasteiger partial charge on any atom is -0.454 e. The Morgan fingerprint density at radius 3 is 2.50 bits per heavy atom. The molecule has 0 atom stereocenters. The summed E-state index contributed by atoms with van der Waals surface area (Å²) in [5.41, 5.74) is 0.956. The van der Waals surface area contributed by atoms with Crippen molar-refractivity contribution in [3.05, 3.63) is 24.0 Å². The molecule has 0 aromatic carbocycles. The van der Waals surface area contributed by atoms with E-state index in [0.717, 1.165) is 0 Å². The Morgan fingerprint density at radius 2 is 2.25 bits per heavy atom. The molecule has 2 heteroatoms. The first-order valence-corrected chi connectivity index (χ1v) is 2.34. The molecule has 0 aliphatic rings. The summed E-state index contributed by atoms with van der Waals surface area (Å²) in [6, 6.07) is 4.72. The fourth-order valence-corrected chi connectivity index (χ4v) is 0.755. The molecule has 0 radical (unpaired) electrons. The summed E-state index contributed by atoms with van der Waals surface area (Å²) < 4.78 is 17.1. The number of hydrogen-bond acceptors (Lipinski definition) is 1. The van der Waals surface area contributed by atoms with Gasteiger partial charge in [0.1, 0.15) is 5.58 Å². The molecule has 0 unspecified atom stereocenters. The van der Waals surface area contributed by atoms with Gasteiger partial charge in [0.25, 0.3) is 0 Å². The Bertz CT molecular complexity index is 286. The predicted molar refractivity (Wildman–Crippen MR) is 27.4 cm³/mol. The Kier molecular flexibility index (Phi) is 0.497. The van der Waals surface area contributed by atoms with Crippen LogP contribution in [0.3, 0.4) is 0 Å². The van der Waals surface area contributed by atoms with Crippen LogP contribution in [0, 0.1) is 5.82 Å². The predicted octanol–water partition coefficient (Wildman–Crippen LogP) is 2.01. The van der Waals surface area contributed by atoms with Crippen LogP contribution in [0.5, 0.6) is 0 Å². The number of halogens is 1. The SMILES string of the molecule is Fc1cc2ccc1o2. The van der Waals surface area contributed by atoms with Crippen molar-refractivity contribution in [2.75, 3.05) is 0 Å². The van der Waals surface area contributed by atoms with Crippen molar-refractivity contribution < 1.29 is 8.81 Å². The van der Waals surface area contributed by atoms with E-state index in [9.17, 15) is 4.39 Å². The molecular formula is C6H3FO. The molecule has 0 aliphatic heterocycles. The van der Waals surface area contributed by atoms with E-state index in [0.29, 0.717) is 11.2 Å². The van der Waals surface area contributed by atoms with Crippen molar-refractivity contribution in [2.45, 2.75) is 0 Å². The van der Waals surface area contributed by atoms with Gasteiger partial charge in [-0.15, -0.1) is 0 Å². The average molecular weight is 110 g/mol. The molecule has 0 saturated carbocycles. The molecule has 2 bridgehead atoms. The maximum absolute atomic E-state index is 12.2. The van der Waals surface area contributed by atoms with Gasteiger partial charge in [-0.1, -0.05) is 0 Å². The van der Waals surface area contributed by atoms with Gasteiger partial charge in [-0.25, -0.2) is 4.39 Å². The summed E-state index contributed by atoms with van der Waals surface area (Å²) in [6.45, 7) is 0. The third-order valence-corrected chi connectivity index (χ3v) is 1.13. The number of fused-ring (bicyclic) bond motifs is 2. The Morgan fingerprint density at radius 1 is 1.38 bits per heavy atom. The zero-order valence-electron chi connectivity index (χ0n) is 4.02. The molecule has 2 aromatic heterocycles. The summed E-state index contributed by atoms with van der Waals surface area (Å²) in [6.07, 6.45) is 0. The first-order chi connectivity index (χ1) is 3.86. The van der Waals surface area contributed by atoms with E-state index in [1.54, 1.807) is 12.1 Å². The van der Waals surface area contributed by atoms with Crippen LogP contribution in [0.4, 0.5) is 4.39 Å². The molecule has 0 fully saturated rings. The van der Waals surface area contributed by atoms with Crippen molar-refractivity contribution in [3.63, 3.8) is 0 Å². The van der Waals surface area contributed by atoms with Crippen LogP contribution in [0.2, 0.25) is 0 Å². The van der Waals surface area contributed by atoms with E-state index in [-0.39, 0.29) is 5.82 Å². The normalized spacial score (nSPS) is 11.1. The molecule has 2 aromatic rings. The fraction of sp³-hybridized carbons (Fsp3) is 0. The van der Waals surface area contributed by atoms with Gasteiger partial charge in [0.15, 0.2) is 11.4 Å². The Labute approximate surface area is 45.1 Å². The lowest BCUT2D eigenvalue weighted by Crippen LogP contribution is -1.61. The first-order valence-electron chi connectivity index (χ1n) is 2.34. The standard InChI is InChI=1S/C6H3FO/c7-5-3-4-1-2-6(5)8-4/h1-3H. The van der Waals surface area contributed by atoms with Crippen LogP contribution >= 0.6 is 0 Å². The van der Waals surface area contributed by atoms with E-state index in [4.69, 9.17) is 4.42 Å². The highest BCUT2D eigenvalue weighted by Gasteiger charge is 2.03. The van der Waals surface area contributed by atoms with Crippen LogP contribution in [0.25, 0.3) is 11.2 Å². The average Bonchev–Trinajstić information content (AvgIpc) is 2.23. The highest BCUT2D eigenvalue weighted by molar-refractivity contribution is 5.60. The van der Waals surface area contributed by atoms with Crippen LogP contribution < -0.4 is 0 Å². The van der Waals surface area contributed by atoms with E-state index in [2.05, 4.69) is 0 Å². The molecule has 2 rings (SSSR count). The van der Waals surface area contributed by atoms with Crippen molar-refractivity contribution >= 4 is 11.2 Å². The minimum absolute atomic E-state index is 0.262. The molecule has 2 heterocycles. The van der Waals surface area contributed by atoms with Gasteiger partial charge in [-0.3, -0.25) is 0 Å². The summed E-state index contributed by atoms with van der Waals surface area (Å²) in [7, 11) is 0. The van der Waals surface area contributed by atoms with Gasteiger partial charge in [0.05, 0.1) is 0 Å². The molecule has 0 amide bonds. The molecule has 0 spiro atoms. The van der Waals surface area contributed by atoms with Crippen LogP contribution in [0.15, 0.2) is 22.6 Å². The molecule has 1 nitrogen and oxygen atoms in total. The lowest BCUT2D eigenvalue weighted by molar-refractivity contribution is 0.608. The fourth-order valence-electron chi connectivity index (χ4n) is 0.755. The van der Waals surface area contributed by atoms with Crippen molar-refractivity contribution in [2.24, 2.45) is 0 Å². The second-order valence-corrected chi connectivity index (χ2v) is 1.69. The van der Waals surface area contributed by atoms with Crippen LogP contribution in [-0.4, -0.2) is 0 Å². The third kappa shape index (κ3) is 0.304. The second-order valence-electron chi connectivity index (χ2n) is 1.69. The minimum atomic E-state index is -0.262. The van der Waals surface area contributed by atoms with Gasteiger partial charge >= 0.3 is 0 Å². The van der Waals surface area contributed by atoms with E-state index < -0.39 is 0 Å². The molecule has 40 valence electrons. The quantitative estimate of drug-likeness (QED) is 0.505. The van der Waals surface area contributed by atoms with Crippen molar-refractivity contribution in [1.82, 2.24) is 0 Å². The molecule has 0 aliphatic carbocycles. The zero-order valence-corrected chi connectivity index (χ0v) is 4.02. The molecule has 8 heavy (non-hydrogen) atoms. The van der Waals surface area contributed by atoms with Gasteiger partial charge in [-0.05, 0) is 12.1 Å².